The number of nitrogens with two attached hydrogens (primary N) is 1. The van der Waals surface area contributed by atoms with Crippen molar-refractivity contribution in [3.05, 3.63) is 28.7 Å². The molecule has 0 atom stereocenters. The van der Waals surface area contributed by atoms with Gasteiger partial charge in [0.1, 0.15) is 0 Å². The van der Waals surface area contributed by atoms with Gasteiger partial charge < -0.3 is 11.1 Å². The maximum absolute atomic E-state index is 12.2. The van der Waals surface area contributed by atoms with Gasteiger partial charge in [-0.15, -0.1) is 0 Å². The zero-order chi connectivity index (χ0) is 16.7. The van der Waals surface area contributed by atoms with Gasteiger partial charge >= 0.3 is 0 Å². The highest BCUT2D eigenvalue weighted by molar-refractivity contribution is 9.10. The lowest BCUT2D eigenvalue weighted by Gasteiger charge is -2.16. The van der Waals surface area contributed by atoms with E-state index >= 15 is 0 Å². The number of nitrogens with zero attached hydrogens (tertiary/aromatic N) is 1. The smallest absolute Gasteiger partial charge is 0.188 e. The zero-order valence-electron chi connectivity index (χ0n) is 13.2. The van der Waals surface area contributed by atoms with Gasteiger partial charge in [-0.3, -0.25) is 4.99 Å². The maximum atomic E-state index is 12.2. The van der Waals surface area contributed by atoms with Crippen LogP contribution in [0.25, 0.3) is 0 Å². The molecule has 1 aliphatic carbocycles. The predicted molar refractivity (Wildman–Crippen MR) is 97.3 cm³/mol. The third-order valence-corrected chi connectivity index (χ3v) is 6.26. The Bertz CT molecular complexity index is 621. The number of aliphatic imine (C=N–C) groups is 1. The van der Waals surface area contributed by atoms with Crippen LogP contribution in [0.3, 0.4) is 0 Å². The van der Waals surface area contributed by atoms with Crippen LogP contribution in [-0.2, 0) is 9.84 Å². The molecule has 0 heterocycles. The van der Waals surface area contributed by atoms with E-state index in [0.29, 0.717) is 16.9 Å². The lowest BCUT2D eigenvalue weighted by atomic mass is 10.1. The van der Waals surface area contributed by atoms with Crippen molar-refractivity contribution in [2.45, 2.75) is 49.5 Å². The molecule has 1 aromatic carbocycles. The van der Waals surface area contributed by atoms with E-state index in [-0.39, 0.29) is 12.3 Å². The molecule has 2 rings (SSSR count). The molecule has 0 bridgehead atoms. The minimum atomic E-state index is -3.32. The van der Waals surface area contributed by atoms with Gasteiger partial charge in [0.05, 0.1) is 17.2 Å². The second-order valence-electron chi connectivity index (χ2n) is 5.87. The third-order valence-electron chi connectivity index (χ3n) is 4.02. The van der Waals surface area contributed by atoms with Crippen molar-refractivity contribution in [3.8, 4) is 0 Å². The fourth-order valence-electron chi connectivity index (χ4n) is 2.72. The summed E-state index contributed by atoms with van der Waals surface area (Å²) in [5.41, 5.74) is 5.88. The summed E-state index contributed by atoms with van der Waals surface area (Å²) in [4.78, 5) is 4.48. The van der Waals surface area contributed by atoms with Gasteiger partial charge in [-0.1, -0.05) is 41.6 Å². The summed E-state index contributed by atoms with van der Waals surface area (Å²) < 4.78 is 25.3. The standard InChI is InChI=1S/C16H24BrN3O2S/c17-13-7-9-15(10-8-13)23(21,22)12-11-19-16(18)20-14-5-3-1-2-4-6-14/h7-10,14H,1-6,11-12H2,(H3,18,19,20). The fraction of sp³-hybridized carbons (Fsp3) is 0.562. The second-order valence-corrected chi connectivity index (χ2v) is 8.90. The molecule has 128 valence electrons. The number of guanidine groups is 1. The molecule has 1 fully saturated rings. The van der Waals surface area contributed by atoms with Crippen LogP contribution in [-0.4, -0.2) is 32.7 Å². The molecular formula is C16H24BrN3O2S. The molecule has 0 amide bonds. The van der Waals surface area contributed by atoms with Crippen molar-refractivity contribution in [1.82, 2.24) is 5.32 Å². The minimum absolute atomic E-state index is 0.0400. The normalized spacial score (nSPS) is 17.7. The van der Waals surface area contributed by atoms with Crippen molar-refractivity contribution in [2.24, 2.45) is 10.7 Å². The summed E-state index contributed by atoms with van der Waals surface area (Å²) in [7, 11) is -3.32. The molecule has 0 aliphatic heterocycles. The number of hydrogen-bond donors (Lipinski definition) is 2. The lowest BCUT2D eigenvalue weighted by molar-refractivity contribution is 0.530. The van der Waals surface area contributed by atoms with E-state index < -0.39 is 9.84 Å². The van der Waals surface area contributed by atoms with Crippen LogP contribution in [0, 0.1) is 0 Å². The van der Waals surface area contributed by atoms with Crippen LogP contribution in [0.15, 0.2) is 38.6 Å². The molecule has 0 unspecified atom stereocenters. The average Bonchev–Trinajstić information content (AvgIpc) is 2.76. The topological polar surface area (TPSA) is 84.5 Å². The highest BCUT2D eigenvalue weighted by atomic mass is 79.9. The maximum Gasteiger partial charge on any atom is 0.188 e. The summed E-state index contributed by atoms with van der Waals surface area (Å²) in [5.74, 6) is 0.310. The Labute approximate surface area is 146 Å². The second kappa shape index (κ2) is 8.68. The van der Waals surface area contributed by atoms with E-state index in [1.54, 1.807) is 24.3 Å². The molecular weight excluding hydrogens is 378 g/mol. The highest BCUT2D eigenvalue weighted by Gasteiger charge is 2.15. The molecule has 0 radical (unpaired) electrons. The zero-order valence-corrected chi connectivity index (χ0v) is 15.6. The van der Waals surface area contributed by atoms with Gasteiger partial charge in [-0.2, -0.15) is 0 Å². The SMILES string of the molecule is NC(=NCCS(=O)(=O)c1ccc(Br)cc1)NC1CCCCCC1. The van der Waals surface area contributed by atoms with Crippen molar-refractivity contribution in [3.63, 3.8) is 0 Å². The predicted octanol–water partition coefficient (Wildman–Crippen LogP) is 2.85. The Kier molecular flexibility index (Phi) is 6.89. The summed E-state index contributed by atoms with van der Waals surface area (Å²) >= 11 is 3.30. The van der Waals surface area contributed by atoms with Crippen LogP contribution >= 0.6 is 15.9 Å². The molecule has 1 aromatic rings. The number of halogens is 1. The molecule has 7 heteroatoms. The monoisotopic (exact) mass is 401 g/mol. The number of hydrogen-bond acceptors (Lipinski definition) is 3. The number of rotatable bonds is 5. The van der Waals surface area contributed by atoms with Crippen LogP contribution in [0.5, 0.6) is 0 Å². The fourth-order valence-corrected chi connectivity index (χ4v) is 4.11. The Morgan fingerprint density at radius 1 is 1.17 bits per heavy atom. The first-order valence-electron chi connectivity index (χ1n) is 8.02. The Hall–Kier alpha value is -1.08. The number of sulfone groups is 1. The summed E-state index contributed by atoms with van der Waals surface area (Å²) in [6.45, 7) is 0.171. The average molecular weight is 402 g/mol. The van der Waals surface area contributed by atoms with Crippen molar-refractivity contribution >= 4 is 31.7 Å². The molecule has 3 N–H and O–H groups in total. The summed E-state index contributed by atoms with van der Waals surface area (Å²) in [6.07, 6.45) is 7.19. The molecule has 0 spiro atoms. The van der Waals surface area contributed by atoms with E-state index in [1.807, 2.05) is 0 Å². The molecule has 1 saturated carbocycles. The molecule has 23 heavy (non-hydrogen) atoms. The Morgan fingerprint density at radius 3 is 2.39 bits per heavy atom. The van der Waals surface area contributed by atoms with Gasteiger partial charge in [0.2, 0.25) is 0 Å². The van der Waals surface area contributed by atoms with Gasteiger partial charge in [0.25, 0.3) is 0 Å². The molecule has 1 aliphatic rings. The molecule has 0 aromatic heterocycles. The quantitative estimate of drug-likeness (QED) is 0.451. The first-order valence-corrected chi connectivity index (χ1v) is 10.5. The molecule has 0 saturated heterocycles. The highest BCUT2D eigenvalue weighted by Crippen LogP contribution is 2.17. The van der Waals surface area contributed by atoms with E-state index in [9.17, 15) is 8.42 Å². The van der Waals surface area contributed by atoms with E-state index in [2.05, 4.69) is 26.2 Å². The Morgan fingerprint density at radius 2 is 1.78 bits per heavy atom. The van der Waals surface area contributed by atoms with Gasteiger partial charge in [-0.05, 0) is 37.1 Å². The van der Waals surface area contributed by atoms with Crippen molar-refractivity contribution in [2.75, 3.05) is 12.3 Å². The largest absolute Gasteiger partial charge is 0.370 e. The number of benzene rings is 1. The number of nitrogens with one attached hydrogen (secondary N) is 1. The minimum Gasteiger partial charge on any atom is -0.370 e. The van der Waals surface area contributed by atoms with E-state index in [4.69, 9.17) is 5.73 Å². The van der Waals surface area contributed by atoms with Gasteiger partial charge in [-0.25, -0.2) is 8.42 Å². The lowest BCUT2D eigenvalue weighted by Crippen LogP contribution is -2.40. The van der Waals surface area contributed by atoms with Crippen LogP contribution in [0.2, 0.25) is 0 Å². The van der Waals surface area contributed by atoms with Gasteiger partial charge in [0, 0.05) is 10.5 Å². The first-order chi connectivity index (χ1) is 11.0. The van der Waals surface area contributed by atoms with Crippen LogP contribution in [0.4, 0.5) is 0 Å². The van der Waals surface area contributed by atoms with Crippen LogP contribution < -0.4 is 11.1 Å². The third kappa shape index (κ3) is 6.14. The molecule has 5 nitrogen and oxygen atoms in total. The van der Waals surface area contributed by atoms with E-state index in [0.717, 1.165) is 17.3 Å². The van der Waals surface area contributed by atoms with E-state index in [1.165, 1.54) is 25.7 Å². The summed E-state index contributed by atoms with van der Waals surface area (Å²) in [6, 6.07) is 6.99. The first kappa shape index (κ1) is 18.3. The Balaban J connectivity index is 1.85. The van der Waals surface area contributed by atoms with Crippen LogP contribution in [0.1, 0.15) is 38.5 Å². The van der Waals surface area contributed by atoms with Gasteiger partial charge in [0.15, 0.2) is 15.8 Å². The summed E-state index contributed by atoms with van der Waals surface area (Å²) in [5, 5.41) is 3.22. The van der Waals surface area contributed by atoms with Crippen molar-refractivity contribution < 1.29 is 8.42 Å². The van der Waals surface area contributed by atoms with Crippen molar-refractivity contribution in [1.29, 1.82) is 0 Å².